The average Bonchev–Trinajstić information content (AvgIpc) is 2.80. The van der Waals surface area contributed by atoms with Crippen molar-refractivity contribution < 1.29 is 14.7 Å². The van der Waals surface area contributed by atoms with Crippen LogP contribution in [-0.2, 0) is 4.79 Å². The van der Waals surface area contributed by atoms with Gasteiger partial charge in [-0.05, 0) is 31.4 Å². The lowest BCUT2D eigenvalue weighted by Crippen LogP contribution is -2.42. The Balaban J connectivity index is 1.95. The summed E-state index contributed by atoms with van der Waals surface area (Å²) in [6, 6.07) is 6.85. The van der Waals surface area contributed by atoms with Crippen LogP contribution >= 0.6 is 0 Å². The number of hydrogen-bond acceptors (Lipinski definition) is 2. The van der Waals surface area contributed by atoms with Crippen LogP contribution < -0.4 is 10.6 Å². The van der Waals surface area contributed by atoms with Crippen LogP contribution in [0.3, 0.4) is 0 Å². The number of anilines is 1. The zero-order valence-corrected chi connectivity index (χ0v) is 10.8. The summed E-state index contributed by atoms with van der Waals surface area (Å²) in [5.41, 5.74) is 1.71. The minimum absolute atomic E-state index is 0.276. The second kappa shape index (κ2) is 5.73. The molecule has 0 radical (unpaired) electrons. The third-order valence-electron chi connectivity index (χ3n) is 3.54. The highest BCUT2D eigenvalue weighted by Crippen LogP contribution is 2.26. The number of carbonyl (C=O) groups excluding carboxylic acids is 1. The van der Waals surface area contributed by atoms with E-state index in [4.69, 9.17) is 5.11 Å². The van der Waals surface area contributed by atoms with E-state index in [-0.39, 0.29) is 12.1 Å². The first-order valence-electron chi connectivity index (χ1n) is 6.44. The molecule has 0 bridgehead atoms. The van der Waals surface area contributed by atoms with Crippen molar-refractivity contribution in [2.75, 3.05) is 5.32 Å². The van der Waals surface area contributed by atoms with E-state index < -0.39 is 11.9 Å². The lowest BCUT2D eigenvalue weighted by atomic mass is 10.0. The van der Waals surface area contributed by atoms with Crippen molar-refractivity contribution in [2.24, 2.45) is 5.92 Å². The molecule has 1 saturated carbocycles. The first-order chi connectivity index (χ1) is 9.08. The predicted molar refractivity (Wildman–Crippen MR) is 72.1 cm³/mol. The molecule has 0 heterocycles. The van der Waals surface area contributed by atoms with Gasteiger partial charge in [0.1, 0.15) is 0 Å². The fourth-order valence-electron chi connectivity index (χ4n) is 2.47. The second-order valence-electron chi connectivity index (χ2n) is 4.90. The van der Waals surface area contributed by atoms with Gasteiger partial charge in [-0.3, -0.25) is 4.79 Å². The average molecular weight is 262 g/mol. The highest BCUT2D eigenvalue weighted by atomic mass is 16.4. The van der Waals surface area contributed by atoms with Crippen LogP contribution in [0.5, 0.6) is 0 Å². The fourth-order valence-corrected chi connectivity index (χ4v) is 2.47. The maximum atomic E-state index is 11.9. The number of aryl methyl sites for hydroxylation is 1. The van der Waals surface area contributed by atoms with Crippen molar-refractivity contribution >= 4 is 17.7 Å². The number of rotatable bonds is 3. The molecule has 1 aromatic rings. The fraction of sp³-hybridized carbons (Fsp3) is 0.429. The van der Waals surface area contributed by atoms with Crippen molar-refractivity contribution in [2.45, 2.75) is 32.2 Å². The standard InChI is InChI=1S/C14H18N2O3/c1-9-5-2-3-7-11(9)15-14(19)16-12-8-4-6-10(12)13(17)18/h2-3,5,7,10,12H,4,6,8H2,1H3,(H,17,18)(H2,15,16,19). The van der Waals surface area contributed by atoms with Crippen LogP contribution in [0.25, 0.3) is 0 Å². The number of aliphatic carboxylic acids is 1. The first kappa shape index (κ1) is 13.4. The minimum Gasteiger partial charge on any atom is -0.481 e. The molecular formula is C14H18N2O3. The second-order valence-corrected chi connectivity index (χ2v) is 4.90. The number of hydrogen-bond donors (Lipinski definition) is 3. The van der Waals surface area contributed by atoms with Gasteiger partial charge in [0.15, 0.2) is 0 Å². The van der Waals surface area contributed by atoms with Crippen molar-refractivity contribution in [3.8, 4) is 0 Å². The van der Waals surface area contributed by atoms with E-state index in [1.54, 1.807) is 0 Å². The van der Waals surface area contributed by atoms with Gasteiger partial charge in [0.2, 0.25) is 0 Å². The van der Waals surface area contributed by atoms with Gasteiger partial charge in [-0.1, -0.05) is 24.6 Å². The van der Waals surface area contributed by atoms with E-state index in [9.17, 15) is 9.59 Å². The summed E-state index contributed by atoms with van der Waals surface area (Å²) in [6.07, 6.45) is 2.19. The molecule has 3 N–H and O–H groups in total. The van der Waals surface area contributed by atoms with E-state index in [1.165, 1.54) is 0 Å². The Bertz CT molecular complexity index is 487. The molecular weight excluding hydrogens is 244 g/mol. The third-order valence-corrected chi connectivity index (χ3v) is 3.54. The van der Waals surface area contributed by atoms with Crippen LogP contribution in [-0.4, -0.2) is 23.1 Å². The molecule has 1 aromatic carbocycles. The minimum atomic E-state index is -0.835. The number of para-hydroxylation sites is 1. The van der Waals surface area contributed by atoms with E-state index in [2.05, 4.69) is 10.6 Å². The molecule has 2 amide bonds. The van der Waals surface area contributed by atoms with Gasteiger partial charge in [-0.25, -0.2) is 4.79 Å². The Morgan fingerprint density at radius 1 is 1.26 bits per heavy atom. The largest absolute Gasteiger partial charge is 0.481 e. The normalized spacial score (nSPS) is 21.9. The number of carboxylic acids is 1. The van der Waals surface area contributed by atoms with Crippen LogP contribution in [0.4, 0.5) is 10.5 Å². The maximum absolute atomic E-state index is 11.9. The first-order valence-corrected chi connectivity index (χ1v) is 6.44. The summed E-state index contributed by atoms with van der Waals surface area (Å²) in [6.45, 7) is 1.91. The SMILES string of the molecule is Cc1ccccc1NC(=O)NC1CCCC1C(=O)O. The molecule has 2 atom stereocenters. The summed E-state index contributed by atoms with van der Waals surface area (Å²) >= 11 is 0. The number of amides is 2. The molecule has 102 valence electrons. The summed E-state index contributed by atoms with van der Waals surface area (Å²) < 4.78 is 0. The molecule has 0 aliphatic heterocycles. The Kier molecular flexibility index (Phi) is 4.04. The molecule has 5 heteroatoms. The van der Waals surface area contributed by atoms with Crippen LogP contribution in [0, 0.1) is 12.8 Å². The van der Waals surface area contributed by atoms with Gasteiger partial charge < -0.3 is 15.7 Å². The molecule has 5 nitrogen and oxygen atoms in total. The monoisotopic (exact) mass is 262 g/mol. The summed E-state index contributed by atoms with van der Waals surface area (Å²) in [5.74, 6) is -1.30. The van der Waals surface area contributed by atoms with Gasteiger partial charge >= 0.3 is 12.0 Å². The molecule has 1 aliphatic carbocycles. The van der Waals surface area contributed by atoms with Gasteiger partial charge in [0.25, 0.3) is 0 Å². The predicted octanol–water partition coefficient (Wildman–Crippen LogP) is 2.37. The highest BCUT2D eigenvalue weighted by molar-refractivity contribution is 5.90. The lowest BCUT2D eigenvalue weighted by Gasteiger charge is -2.18. The van der Waals surface area contributed by atoms with E-state index in [0.717, 1.165) is 24.1 Å². The summed E-state index contributed by atoms with van der Waals surface area (Å²) in [7, 11) is 0. The van der Waals surface area contributed by atoms with E-state index in [0.29, 0.717) is 6.42 Å². The number of carboxylic acid groups (broad SMARTS) is 1. The van der Waals surface area contributed by atoms with E-state index in [1.807, 2.05) is 31.2 Å². The zero-order chi connectivity index (χ0) is 13.8. The van der Waals surface area contributed by atoms with Gasteiger partial charge in [-0.15, -0.1) is 0 Å². The van der Waals surface area contributed by atoms with Crippen molar-refractivity contribution in [3.63, 3.8) is 0 Å². The number of benzene rings is 1. The van der Waals surface area contributed by atoms with Gasteiger partial charge in [0, 0.05) is 11.7 Å². The van der Waals surface area contributed by atoms with Crippen LogP contribution in [0.2, 0.25) is 0 Å². The maximum Gasteiger partial charge on any atom is 0.319 e. The molecule has 1 fully saturated rings. The van der Waals surface area contributed by atoms with Gasteiger partial charge in [-0.2, -0.15) is 0 Å². The summed E-state index contributed by atoms with van der Waals surface area (Å²) in [5, 5.41) is 14.6. The topological polar surface area (TPSA) is 78.4 Å². The Labute approximate surface area is 112 Å². The lowest BCUT2D eigenvalue weighted by molar-refractivity contribution is -0.142. The molecule has 1 aliphatic rings. The summed E-state index contributed by atoms with van der Waals surface area (Å²) in [4.78, 5) is 22.9. The van der Waals surface area contributed by atoms with E-state index >= 15 is 0 Å². The Morgan fingerprint density at radius 3 is 2.68 bits per heavy atom. The zero-order valence-electron chi connectivity index (χ0n) is 10.8. The molecule has 0 aromatic heterocycles. The quantitative estimate of drug-likeness (QED) is 0.782. The number of carbonyl (C=O) groups is 2. The molecule has 19 heavy (non-hydrogen) atoms. The number of nitrogens with one attached hydrogen (secondary N) is 2. The Hall–Kier alpha value is -2.04. The smallest absolute Gasteiger partial charge is 0.319 e. The molecule has 2 unspecified atom stereocenters. The highest BCUT2D eigenvalue weighted by Gasteiger charge is 2.33. The van der Waals surface area contributed by atoms with Crippen LogP contribution in [0.15, 0.2) is 24.3 Å². The van der Waals surface area contributed by atoms with Crippen molar-refractivity contribution in [1.82, 2.24) is 5.32 Å². The van der Waals surface area contributed by atoms with Crippen molar-refractivity contribution in [1.29, 1.82) is 0 Å². The third kappa shape index (κ3) is 3.24. The van der Waals surface area contributed by atoms with Crippen LogP contribution in [0.1, 0.15) is 24.8 Å². The van der Waals surface area contributed by atoms with Gasteiger partial charge in [0.05, 0.1) is 5.92 Å². The molecule has 0 spiro atoms. The molecule has 0 saturated heterocycles. The Morgan fingerprint density at radius 2 is 2.00 bits per heavy atom. The number of urea groups is 1. The molecule has 2 rings (SSSR count). The van der Waals surface area contributed by atoms with Crippen molar-refractivity contribution in [3.05, 3.63) is 29.8 Å².